The third-order valence-electron chi connectivity index (χ3n) is 2.35. The third kappa shape index (κ3) is 2.66. The molecule has 2 heteroatoms. The summed E-state index contributed by atoms with van der Waals surface area (Å²) in [5.74, 6) is -0.154. The van der Waals surface area contributed by atoms with E-state index in [1.54, 1.807) is 12.1 Å². The Labute approximate surface area is 83.9 Å². The predicted octanol–water partition coefficient (Wildman–Crippen LogP) is 3.30. The van der Waals surface area contributed by atoms with Crippen molar-refractivity contribution >= 4 is 5.78 Å². The van der Waals surface area contributed by atoms with Crippen LogP contribution >= 0.6 is 0 Å². The van der Waals surface area contributed by atoms with Crippen LogP contribution in [0.5, 0.6) is 0 Å². The van der Waals surface area contributed by atoms with E-state index in [0.717, 1.165) is 12.0 Å². The number of carbonyl (C=O) groups excluding carboxylic acids is 1. The molecule has 1 aromatic rings. The standard InChI is InChI=1S/C12H15FO/c1-3-4-12(14)9(2)10-5-7-11(13)8-6-10/h5-9H,3-4H2,1-2H3. The zero-order valence-corrected chi connectivity index (χ0v) is 8.59. The van der Waals surface area contributed by atoms with E-state index in [2.05, 4.69) is 0 Å². The molecule has 0 aliphatic rings. The second kappa shape index (κ2) is 4.89. The molecule has 0 aliphatic heterocycles. The van der Waals surface area contributed by atoms with E-state index in [4.69, 9.17) is 0 Å². The molecule has 1 nitrogen and oxygen atoms in total. The molecule has 14 heavy (non-hydrogen) atoms. The molecule has 0 fully saturated rings. The van der Waals surface area contributed by atoms with E-state index in [1.165, 1.54) is 12.1 Å². The molecular formula is C12H15FO. The molecule has 0 radical (unpaired) electrons. The molecule has 1 atom stereocenters. The molecule has 0 bridgehead atoms. The molecule has 0 heterocycles. The maximum absolute atomic E-state index is 12.6. The van der Waals surface area contributed by atoms with Crippen molar-refractivity contribution in [1.82, 2.24) is 0 Å². The van der Waals surface area contributed by atoms with Crippen LogP contribution in [-0.2, 0) is 4.79 Å². The molecule has 0 N–H and O–H groups in total. The molecule has 1 aromatic carbocycles. The number of hydrogen-bond donors (Lipinski definition) is 0. The van der Waals surface area contributed by atoms with Gasteiger partial charge in [-0.3, -0.25) is 4.79 Å². The highest BCUT2D eigenvalue weighted by molar-refractivity contribution is 5.85. The van der Waals surface area contributed by atoms with Crippen LogP contribution < -0.4 is 0 Å². The summed E-state index contributed by atoms with van der Waals surface area (Å²) in [6, 6.07) is 6.14. The monoisotopic (exact) mass is 194 g/mol. The van der Waals surface area contributed by atoms with Gasteiger partial charge in [-0.2, -0.15) is 0 Å². The zero-order chi connectivity index (χ0) is 10.6. The molecule has 0 spiro atoms. The van der Waals surface area contributed by atoms with Gasteiger partial charge in [0.1, 0.15) is 11.6 Å². The molecule has 0 amide bonds. The lowest BCUT2D eigenvalue weighted by molar-refractivity contribution is -0.120. The van der Waals surface area contributed by atoms with Crippen LogP contribution in [0.4, 0.5) is 4.39 Å². The van der Waals surface area contributed by atoms with Crippen LogP contribution in [0.1, 0.15) is 38.2 Å². The van der Waals surface area contributed by atoms with Crippen LogP contribution in [-0.4, -0.2) is 5.78 Å². The number of halogens is 1. The third-order valence-corrected chi connectivity index (χ3v) is 2.35. The van der Waals surface area contributed by atoms with Crippen LogP contribution in [0.2, 0.25) is 0 Å². The van der Waals surface area contributed by atoms with Crippen molar-refractivity contribution in [2.45, 2.75) is 32.6 Å². The second-order valence-corrected chi connectivity index (χ2v) is 3.49. The number of benzene rings is 1. The predicted molar refractivity (Wildman–Crippen MR) is 54.7 cm³/mol. The van der Waals surface area contributed by atoms with Crippen molar-refractivity contribution in [2.24, 2.45) is 0 Å². The van der Waals surface area contributed by atoms with Crippen LogP contribution in [0.15, 0.2) is 24.3 Å². The summed E-state index contributed by atoms with van der Waals surface area (Å²) >= 11 is 0. The first kappa shape index (κ1) is 10.9. The van der Waals surface area contributed by atoms with Crippen molar-refractivity contribution in [3.63, 3.8) is 0 Å². The molecule has 0 saturated carbocycles. The minimum Gasteiger partial charge on any atom is -0.299 e. The lowest BCUT2D eigenvalue weighted by Crippen LogP contribution is -2.08. The van der Waals surface area contributed by atoms with Gasteiger partial charge in [-0.15, -0.1) is 0 Å². The van der Waals surface area contributed by atoms with E-state index in [9.17, 15) is 9.18 Å². The van der Waals surface area contributed by atoms with Gasteiger partial charge in [0.2, 0.25) is 0 Å². The molecule has 0 aliphatic carbocycles. The number of ketones is 1. The molecule has 0 aromatic heterocycles. The lowest BCUT2D eigenvalue weighted by atomic mass is 9.94. The van der Waals surface area contributed by atoms with Crippen molar-refractivity contribution in [3.05, 3.63) is 35.6 Å². The number of hydrogen-bond acceptors (Lipinski definition) is 1. The topological polar surface area (TPSA) is 17.1 Å². The van der Waals surface area contributed by atoms with Gasteiger partial charge in [0.15, 0.2) is 0 Å². The fourth-order valence-electron chi connectivity index (χ4n) is 1.40. The van der Waals surface area contributed by atoms with Gasteiger partial charge in [-0.1, -0.05) is 26.0 Å². The second-order valence-electron chi connectivity index (χ2n) is 3.49. The van der Waals surface area contributed by atoms with E-state index >= 15 is 0 Å². The maximum atomic E-state index is 12.6. The highest BCUT2D eigenvalue weighted by Crippen LogP contribution is 2.18. The van der Waals surface area contributed by atoms with Gasteiger partial charge in [-0.25, -0.2) is 4.39 Å². The summed E-state index contributed by atoms with van der Waals surface area (Å²) in [6.45, 7) is 3.85. The summed E-state index contributed by atoms with van der Waals surface area (Å²) in [7, 11) is 0. The van der Waals surface area contributed by atoms with Crippen molar-refractivity contribution in [1.29, 1.82) is 0 Å². The molecule has 1 unspecified atom stereocenters. The SMILES string of the molecule is CCCC(=O)C(C)c1ccc(F)cc1. The highest BCUT2D eigenvalue weighted by Gasteiger charge is 2.13. The van der Waals surface area contributed by atoms with Gasteiger partial charge in [-0.05, 0) is 24.1 Å². The first-order valence-corrected chi connectivity index (χ1v) is 4.93. The number of carbonyl (C=O) groups is 1. The minimum absolute atomic E-state index is 0.115. The summed E-state index contributed by atoms with van der Waals surface area (Å²) in [4.78, 5) is 11.5. The Morgan fingerprint density at radius 3 is 2.43 bits per heavy atom. The Hall–Kier alpha value is -1.18. The molecular weight excluding hydrogens is 179 g/mol. The fraction of sp³-hybridized carbons (Fsp3) is 0.417. The maximum Gasteiger partial charge on any atom is 0.140 e. The van der Waals surface area contributed by atoms with Crippen molar-refractivity contribution in [2.75, 3.05) is 0 Å². The highest BCUT2D eigenvalue weighted by atomic mass is 19.1. The van der Waals surface area contributed by atoms with Gasteiger partial charge in [0.05, 0.1) is 0 Å². The van der Waals surface area contributed by atoms with Crippen molar-refractivity contribution < 1.29 is 9.18 Å². The zero-order valence-electron chi connectivity index (χ0n) is 8.59. The van der Waals surface area contributed by atoms with Crippen LogP contribution in [0, 0.1) is 5.82 Å². The van der Waals surface area contributed by atoms with Gasteiger partial charge in [0, 0.05) is 12.3 Å². The Balaban J connectivity index is 2.73. The normalized spacial score (nSPS) is 12.5. The van der Waals surface area contributed by atoms with Crippen LogP contribution in [0.3, 0.4) is 0 Å². The molecule has 1 rings (SSSR count). The average Bonchev–Trinajstić information content (AvgIpc) is 2.18. The smallest absolute Gasteiger partial charge is 0.140 e. The largest absolute Gasteiger partial charge is 0.299 e. The molecule has 76 valence electrons. The van der Waals surface area contributed by atoms with E-state index in [-0.39, 0.29) is 17.5 Å². The Morgan fingerprint density at radius 2 is 1.93 bits per heavy atom. The average molecular weight is 194 g/mol. The molecule has 0 saturated heterocycles. The van der Waals surface area contributed by atoms with E-state index in [0.29, 0.717) is 6.42 Å². The van der Waals surface area contributed by atoms with Crippen molar-refractivity contribution in [3.8, 4) is 0 Å². The lowest BCUT2D eigenvalue weighted by Gasteiger charge is -2.09. The minimum atomic E-state index is -0.260. The summed E-state index contributed by atoms with van der Waals surface area (Å²) in [6.07, 6.45) is 1.46. The summed E-state index contributed by atoms with van der Waals surface area (Å²) < 4.78 is 12.6. The Morgan fingerprint density at radius 1 is 1.36 bits per heavy atom. The summed E-state index contributed by atoms with van der Waals surface area (Å²) in [5, 5.41) is 0. The quantitative estimate of drug-likeness (QED) is 0.718. The summed E-state index contributed by atoms with van der Waals surface area (Å²) in [5.41, 5.74) is 0.893. The first-order valence-electron chi connectivity index (χ1n) is 4.93. The van der Waals surface area contributed by atoms with E-state index < -0.39 is 0 Å². The van der Waals surface area contributed by atoms with Gasteiger partial charge >= 0.3 is 0 Å². The Kier molecular flexibility index (Phi) is 3.81. The number of rotatable bonds is 4. The fourth-order valence-corrected chi connectivity index (χ4v) is 1.40. The Bertz CT molecular complexity index is 303. The number of Topliss-reactive ketones (excluding diaryl/α,β-unsaturated/α-hetero) is 1. The van der Waals surface area contributed by atoms with Crippen LogP contribution in [0.25, 0.3) is 0 Å². The van der Waals surface area contributed by atoms with Gasteiger partial charge < -0.3 is 0 Å². The first-order chi connectivity index (χ1) is 6.65. The van der Waals surface area contributed by atoms with Gasteiger partial charge in [0.25, 0.3) is 0 Å². The van der Waals surface area contributed by atoms with E-state index in [1.807, 2.05) is 13.8 Å².